The predicted octanol–water partition coefficient (Wildman–Crippen LogP) is 4.20. The number of thiophene rings is 1. The van der Waals surface area contributed by atoms with Gasteiger partial charge in [0.05, 0.1) is 11.7 Å². The highest BCUT2D eigenvalue weighted by molar-refractivity contribution is 7.09. The minimum Gasteiger partial charge on any atom is -0.354 e. The van der Waals surface area contributed by atoms with E-state index in [9.17, 15) is 4.79 Å². The summed E-state index contributed by atoms with van der Waals surface area (Å²) in [6, 6.07) is 6.98. The molecule has 0 spiro atoms. The second kappa shape index (κ2) is 8.86. The Morgan fingerprint density at radius 3 is 2.93 bits per heavy atom. The first-order valence-electron chi connectivity index (χ1n) is 10.8. The molecule has 30 heavy (non-hydrogen) atoms. The second-order valence-electron chi connectivity index (χ2n) is 8.53. The third-order valence-corrected chi connectivity index (χ3v) is 6.74. The number of likely N-dealkylation sites (tertiary alicyclic amines) is 1. The number of hydrogen-bond acceptors (Lipinski definition) is 5. The summed E-state index contributed by atoms with van der Waals surface area (Å²) >= 11 is 1.82. The molecule has 0 aromatic carbocycles. The van der Waals surface area contributed by atoms with Crippen LogP contribution in [-0.4, -0.2) is 38.0 Å². The van der Waals surface area contributed by atoms with Crippen LogP contribution in [0.5, 0.6) is 0 Å². The number of carbonyl (C=O) groups is 1. The van der Waals surface area contributed by atoms with E-state index in [0.29, 0.717) is 18.9 Å². The molecule has 0 saturated carbocycles. The van der Waals surface area contributed by atoms with Gasteiger partial charge in [0.1, 0.15) is 0 Å². The lowest BCUT2D eigenvalue weighted by Gasteiger charge is -2.22. The van der Waals surface area contributed by atoms with E-state index < -0.39 is 0 Å². The molecule has 0 unspecified atom stereocenters. The van der Waals surface area contributed by atoms with Gasteiger partial charge in [-0.05, 0) is 70.5 Å². The Labute approximate surface area is 182 Å². The van der Waals surface area contributed by atoms with Gasteiger partial charge >= 0.3 is 0 Å². The summed E-state index contributed by atoms with van der Waals surface area (Å²) in [6.07, 6.45) is 3.49. The van der Waals surface area contributed by atoms with E-state index in [4.69, 9.17) is 10.1 Å². The molecule has 1 N–H and O–H groups in total. The molecule has 1 fully saturated rings. The fourth-order valence-corrected chi connectivity index (χ4v) is 5.18. The van der Waals surface area contributed by atoms with Crippen molar-refractivity contribution in [2.24, 2.45) is 0 Å². The van der Waals surface area contributed by atoms with Crippen LogP contribution >= 0.6 is 11.3 Å². The zero-order valence-electron chi connectivity index (χ0n) is 18.3. The van der Waals surface area contributed by atoms with E-state index in [2.05, 4.69) is 40.7 Å². The Bertz CT molecular complexity index is 1020. The van der Waals surface area contributed by atoms with Crippen LogP contribution in [0.25, 0.3) is 5.65 Å². The monoisotopic (exact) mass is 425 g/mol. The summed E-state index contributed by atoms with van der Waals surface area (Å²) in [5.74, 6) is 0.0835. The van der Waals surface area contributed by atoms with Gasteiger partial charge in [-0.2, -0.15) is 5.10 Å². The lowest BCUT2D eigenvalue weighted by molar-refractivity contribution is -0.121. The zero-order chi connectivity index (χ0) is 21.3. The Morgan fingerprint density at radius 2 is 2.20 bits per heavy atom. The summed E-state index contributed by atoms with van der Waals surface area (Å²) in [5, 5.41) is 10.1. The van der Waals surface area contributed by atoms with Crippen LogP contribution in [0.2, 0.25) is 0 Å². The van der Waals surface area contributed by atoms with Crippen molar-refractivity contribution in [2.45, 2.75) is 72.0 Å². The number of nitrogens with one attached hydrogen (secondary N) is 1. The number of nitrogens with zero attached hydrogens (tertiary/aromatic N) is 4. The van der Waals surface area contributed by atoms with Gasteiger partial charge in [-0.15, -0.1) is 11.3 Å². The lowest BCUT2D eigenvalue weighted by atomic mass is 10.1. The van der Waals surface area contributed by atoms with Gasteiger partial charge in [0.15, 0.2) is 5.65 Å². The number of fused-ring (bicyclic) bond motifs is 1. The first-order valence-corrected chi connectivity index (χ1v) is 11.7. The SMILES string of the molecule is Cc1nc2cc([C@H]3CCCN3Cc3cccs3)nn2c(C)c1CCC(=O)NC(C)C. The summed E-state index contributed by atoms with van der Waals surface area (Å²) in [4.78, 5) is 20.9. The Balaban J connectivity index is 1.56. The zero-order valence-corrected chi connectivity index (χ0v) is 19.1. The Hall–Kier alpha value is -2.25. The molecule has 1 atom stereocenters. The number of amides is 1. The molecule has 0 radical (unpaired) electrons. The standard InChI is InChI=1S/C23H31N5OS/c1-15(2)24-23(29)10-9-19-16(3)25-22-13-20(26-28(22)17(19)4)21-8-5-11-27(21)14-18-7-6-12-30-18/h6-7,12-13,15,21H,5,8-11,14H2,1-4H3,(H,24,29)/t21-/m1/s1. The summed E-state index contributed by atoms with van der Waals surface area (Å²) < 4.78 is 1.97. The van der Waals surface area contributed by atoms with Crippen LogP contribution in [0.3, 0.4) is 0 Å². The van der Waals surface area contributed by atoms with Gasteiger partial charge < -0.3 is 5.32 Å². The number of rotatable bonds is 7. The van der Waals surface area contributed by atoms with E-state index in [1.54, 1.807) is 0 Å². The van der Waals surface area contributed by atoms with E-state index in [1.165, 1.54) is 11.3 Å². The van der Waals surface area contributed by atoms with Crippen molar-refractivity contribution >= 4 is 22.9 Å². The number of carbonyl (C=O) groups excluding carboxylic acids is 1. The fraction of sp³-hybridized carbons (Fsp3) is 0.522. The normalized spacial score (nSPS) is 17.3. The van der Waals surface area contributed by atoms with Crippen LogP contribution < -0.4 is 5.32 Å². The molecular weight excluding hydrogens is 394 g/mol. The maximum absolute atomic E-state index is 12.1. The van der Waals surface area contributed by atoms with E-state index in [-0.39, 0.29) is 11.9 Å². The molecule has 1 saturated heterocycles. The first kappa shape index (κ1) is 21.0. The second-order valence-corrected chi connectivity index (χ2v) is 9.56. The third-order valence-electron chi connectivity index (χ3n) is 5.88. The fourth-order valence-electron chi connectivity index (χ4n) is 4.45. The van der Waals surface area contributed by atoms with Crippen molar-refractivity contribution in [3.8, 4) is 0 Å². The molecule has 1 aliphatic rings. The third kappa shape index (κ3) is 4.42. The largest absolute Gasteiger partial charge is 0.354 e. The maximum Gasteiger partial charge on any atom is 0.220 e. The summed E-state index contributed by atoms with van der Waals surface area (Å²) in [6.45, 7) is 10.2. The molecule has 0 bridgehead atoms. The molecule has 4 heterocycles. The number of aromatic nitrogens is 3. The van der Waals surface area contributed by atoms with Crippen molar-refractivity contribution in [1.29, 1.82) is 0 Å². The van der Waals surface area contributed by atoms with Crippen molar-refractivity contribution in [3.05, 3.63) is 51.1 Å². The highest BCUT2D eigenvalue weighted by Crippen LogP contribution is 2.33. The van der Waals surface area contributed by atoms with Gasteiger partial charge in [0, 0.05) is 41.3 Å². The average Bonchev–Trinajstić information content (AvgIpc) is 3.42. The topological polar surface area (TPSA) is 62.5 Å². The minimum atomic E-state index is 0.0835. The molecule has 160 valence electrons. The highest BCUT2D eigenvalue weighted by atomic mass is 32.1. The van der Waals surface area contributed by atoms with Crippen molar-refractivity contribution in [1.82, 2.24) is 24.8 Å². The van der Waals surface area contributed by atoms with Gasteiger partial charge in [0.2, 0.25) is 5.91 Å². The van der Waals surface area contributed by atoms with Crippen molar-refractivity contribution in [3.63, 3.8) is 0 Å². The predicted molar refractivity (Wildman–Crippen MR) is 121 cm³/mol. The van der Waals surface area contributed by atoms with Crippen molar-refractivity contribution in [2.75, 3.05) is 6.54 Å². The van der Waals surface area contributed by atoms with Crippen LogP contribution in [0, 0.1) is 13.8 Å². The molecule has 7 heteroatoms. The molecular formula is C23H31N5OS. The number of aryl methyl sites for hydroxylation is 2. The highest BCUT2D eigenvalue weighted by Gasteiger charge is 2.29. The van der Waals surface area contributed by atoms with Gasteiger partial charge in [-0.3, -0.25) is 9.69 Å². The van der Waals surface area contributed by atoms with Gasteiger partial charge in [-0.25, -0.2) is 9.50 Å². The van der Waals surface area contributed by atoms with Crippen LogP contribution in [0.15, 0.2) is 23.6 Å². The molecule has 3 aromatic rings. The molecule has 4 rings (SSSR count). The van der Waals surface area contributed by atoms with Gasteiger partial charge in [-0.1, -0.05) is 6.07 Å². The summed E-state index contributed by atoms with van der Waals surface area (Å²) in [5.41, 5.74) is 5.21. The maximum atomic E-state index is 12.1. The minimum absolute atomic E-state index is 0.0835. The smallest absolute Gasteiger partial charge is 0.220 e. The molecule has 1 amide bonds. The molecule has 3 aromatic heterocycles. The van der Waals surface area contributed by atoms with E-state index in [0.717, 1.165) is 47.8 Å². The number of hydrogen-bond donors (Lipinski definition) is 1. The first-order chi connectivity index (χ1) is 14.4. The van der Waals surface area contributed by atoms with Crippen molar-refractivity contribution < 1.29 is 4.79 Å². The molecule has 6 nitrogen and oxygen atoms in total. The van der Waals surface area contributed by atoms with Crippen LogP contribution in [0.4, 0.5) is 0 Å². The van der Waals surface area contributed by atoms with Gasteiger partial charge in [0.25, 0.3) is 0 Å². The lowest BCUT2D eigenvalue weighted by Crippen LogP contribution is -2.30. The molecule has 1 aliphatic heterocycles. The Morgan fingerprint density at radius 1 is 1.37 bits per heavy atom. The van der Waals surface area contributed by atoms with E-state index >= 15 is 0 Å². The summed E-state index contributed by atoms with van der Waals surface area (Å²) in [7, 11) is 0. The average molecular weight is 426 g/mol. The van der Waals surface area contributed by atoms with Crippen LogP contribution in [-0.2, 0) is 17.8 Å². The molecule has 0 aliphatic carbocycles. The quantitative estimate of drug-likeness (QED) is 0.616. The van der Waals surface area contributed by atoms with Crippen LogP contribution in [0.1, 0.15) is 66.7 Å². The Kier molecular flexibility index (Phi) is 6.20. The van der Waals surface area contributed by atoms with E-state index in [1.807, 2.05) is 36.6 Å².